The molecule has 10 heteroatoms. The van der Waals surface area contributed by atoms with Crippen LogP contribution >= 0.6 is 0 Å². The number of aliphatic hydroxyl groups is 2. The molecule has 0 aliphatic rings. The zero-order valence-electron chi connectivity index (χ0n) is 15.8. The Hall–Kier alpha value is -2.98. The standard InChI is InChI=1S/C19H20F3N5O2/c1-12-5-15(13-8-24-27(9-13)10-18(2,29)11-28)25-17(6-12)26-16-7-14(3-4-23-16)19(20,21)22/h3-9,28-29H,10-11H2,1-2H3,(H,23,25,26)/t18-/m1/s1. The maximum Gasteiger partial charge on any atom is 0.416 e. The fourth-order valence-electron chi connectivity index (χ4n) is 2.67. The molecule has 154 valence electrons. The summed E-state index contributed by atoms with van der Waals surface area (Å²) < 4.78 is 40.1. The number of alkyl halides is 3. The van der Waals surface area contributed by atoms with Crippen LogP contribution in [0.4, 0.5) is 24.8 Å². The van der Waals surface area contributed by atoms with Gasteiger partial charge in [-0.1, -0.05) is 0 Å². The minimum absolute atomic E-state index is 0.0264. The van der Waals surface area contributed by atoms with Gasteiger partial charge in [-0.25, -0.2) is 9.97 Å². The summed E-state index contributed by atoms with van der Waals surface area (Å²) in [5.41, 5.74) is -0.0814. The Morgan fingerprint density at radius 3 is 2.62 bits per heavy atom. The molecular formula is C19H20F3N5O2. The van der Waals surface area contributed by atoms with Crippen LogP contribution in [0.25, 0.3) is 11.3 Å². The number of nitrogens with zero attached hydrogens (tertiary/aromatic N) is 4. The highest BCUT2D eigenvalue weighted by molar-refractivity contribution is 5.63. The average Bonchev–Trinajstić information content (AvgIpc) is 3.08. The molecule has 0 spiro atoms. The van der Waals surface area contributed by atoms with Gasteiger partial charge in [0.15, 0.2) is 0 Å². The topological polar surface area (TPSA) is 96.1 Å². The second-order valence-electron chi connectivity index (χ2n) is 7.05. The van der Waals surface area contributed by atoms with Crippen LogP contribution in [0.3, 0.4) is 0 Å². The van der Waals surface area contributed by atoms with Crippen molar-refractivity contribution in [2.75, 3.05) is 11.9 Å². The van der Waals surface area contributed by atoms with Crippen molar-refractivity contribution in [3.05, 3.63) is 54.0 Å². The Labute approximate surface area is 164 Å². The molecule has 0 aromatic carbocycles. The lowest BCUT2D eigenvalue weighted by Gasteiger charge is -2.19. The summed E-state index contributed by atoms with van der Waals surface area (Å²) in [6.45, 7) is 3.00. The summed E-state index contributed by atoms with van der Waals surface area (Å²) in [7, 11) is 0. The Morgan fingerprint density at radius 1 is 1.17 bits per heavy atom. The van der Waals surface area contributed by atoms with E-state index in [0.717, 1.165) is 23.9 Å². The molecule has 3 aromatic rings. The lowest BCUT2D eigenvalue weighted by molar-refractivity contribution is -0.137. The highest BCUT2D eigenvalue weighted by Gasteiger charge is 2.30. The van der Waals surface area contributed by atoms with Gasteiger partial charge < -0.3 is 15.5 Å². The number of aliphatic hydroxyl groups excluding tert-OH is 1. The van der Waals surface area contributed by atoms with Gasteiger partial charge in [0.1, 0.15) is 17.2 Å². The van der Waals surface area contributed by atoms with Crippen molar-refractivity contribution in [1.29, 1.82) is 0 Å². The fourth-order valence-corrected chi connectivity index (χ4v) is 2.67. The first-order chi connectivity index (χ1) is 13.6. The van der Waals surface area contributed by atoms with Crippen LogP contribution in [-0.2, 0) is 12.7 Å². The first-order valence-corrected chi connectivity index (χ1v) is 8.71. The largest absolute Gasteiger partial charge is 0.416 e. The summed E-state index contributed by atoms with van der Waals surface area (Å²) in [5.74, 6) is 0.362. The van der Waals surface area contributed by atoms with Crippen molar-refractivity contribution in [3.8, 4) is 11.3 Å². The molecule has 3 heterocycles. The third kappa shape index (κ3) is 5.30. The lowest BCUT2D eigenvalue weighted by atomic mass is 10.1. The third-order valence-electron chi connectivity index (χ3n) is 4.09. The quantitative estimate of drug-likeness (QED) is 0.581. The minimum Gasteiger partial charge on any atom is -0.393 e. The molecule has 29 heavy (non-hydrogen) atoms. The predicted octanol–water partition coefficient (Wildman–Crippen LogP) is 3.15. The number of anilines is 2. The van der Waals surface area contributed by atoms with Crippen molar-refractivity contribution in [2.24, 2.45) is 0 Å². The molecule has 0 aliphatic heterocycles. The van der Waals surface area contributed by atoms with E-state index in [1.54, 1.807) is 24.5 Å². The summed E-state index contributed by atoms with van der Waals surface area (Å²) in [5, 5.41) is 26.1. The SMILES string of the molecule is Cc1cc(Nc2cc(C(F)(F)F)ccn2)nc(-c2cnn(C[C@@](C)(O)CO)c2)c1. The molecule has 0 aliphatic carbocycles. The van der Waals surface area contributed by atoms with Gasteiger partial charge in [-0.15, -0.1) is 0 Å². The average molecular weight is 407 g/mol. The number of halogens is 3. The highest BCUT2D eigenvalue weighted by Crippen LogP contribution is 2.30. The number of hydrogen-bond acceptors (Lipinski definition) is 6. The van der Waals surface area contributed by atoms with Crippen molar-refractivity contribution in [1.82, 2.24) is 19.7 Å². The van der Waals surface area contributed by atoms with Crippen LogP contribution in [0.15, 0.2) is 42.9 Å². The molecule has 0 radical (unpaired) electrons. The van der Waals surface area contributed by atoms with Gasteiger partial charge in [0.05, 0.1) is 30.6 Å². The maximum absolute atomic E-state index is 12.9. The van der Waals surface area contributed by atoms with Crippen LogP contribution in [-0.4, -0.2) is 42.2 Å². The Kier molecular flexibility index (Phi) is 5.58. The van der Waals surface area contributed by atoms with Crippen molar-refractivity contribution in [2.45, 2.75) is 32.2 Å². The van der Waals surface area contributed by atoms with E-state index in [2.05, 4.69) is 20.4 Å². The lowest BCUT2D eigenvalue weighted by Crippen LogP contribution is -2.34. The fraction of sp³-hybridized carbons (Fsp3) is 0.316. The zero-order chi connectivity index (χ0) is 21.2. The predicted molar refractivity (Wildman–Crippen MR) is 100 cm³/mol. The van der Waals surface area contributed by atoms with Gasteiger partial charge in [-0.3, -0.25) is 4.68 Å². The highest BCUT2D eigenvalue weighted by atomic mass is 19.4. The van der Waals surface area contributed by atoms with Crippen molar-refractivity contribution < 1.29 is 23.4 Å². The number of aryl methyl sites for hydroxylation is 1. The van der Waals surface area contributed by atoms with Gasteiger partial charge in [-0.2, -0.15) is 18.3 Å². The maximum atomic E-state index is 12.9. The van der Waals surface area contributed by atoms with E-state index in [0.29, 0.717) is 17.1 Å². The molecule has 3 aromatic heterocycles. The normalized spacial score (nSPS) is 13.9. The van der Waals surface area contributed by atoms with Gasteiger partial charge in [-0.05, 0) is 43.7 Å². The zero-order valence-corrected chi connectivity index (χ0v) is 15.8. The first-order valence-electron chi connectivity index (χ1n) is 8.71. The molecule has 0 bridgehead atoms. The Bertz CT molecular complexity index is 1000. The van der Waals surface area contributed by atoms with E-state index < -0.39 is 23.9 Å². The number of rotatable bonds is 6. The van der Waals surface area contributed by atoms with Crippen LogP contribution in [0.1, 0.15) is 18.1 Å². The van der Waals surface area contributed by atoms with Crippen LogP contribution in [0.5, 0.6) is 0 Å². The van der Waals surface area contributed by atoms with E-state index in [9.17, 15) is 23.4 Å². The number of pyridine rings is 2. The van der Waals surface area contributed by atoms with Gasteiger partial charge in [0.25, 0.3) is 0 Å². The van der Waals surface area contributed by atoms with Crippen LogP contribution in [0.2, 0.25) is 0 Å². The van der Waals surface area contributed by atoms with E-state index in [1.807, 2.05) is 6.92 Å². The summed E-state index contributed by atoms with van der Waals surface area (Å²) in [4.78, 5) is 8.34. The molecule has 0 saturated carbocycles. The van der Waals surface area contributed by atoms with Gasteiger partial charge in [0, 0.05) is 18.0 Å². The van der Waals surface area contributed by atoms with E-state index in [1.165, 1.54) is 11.6 Å². The number of aromatic nitrogens is 4. The molecule has 0 fully saturated rings. The molecule has 3 rings (SSSR count). The molecule has 7 nitrogen and oxygen atoms in total. The number of hydrogen-bond donors (Lipinski definition) is 3. The van der Waals surface area contributed by atoms with Gasteiger partial charge in [0.2, 0.25) is 0 Å². The van der Waals surface area contributed by atoms with Crippen molar-refractivity contribution >= 4 is 11.6 Å². The summed E-state index contributed by atoms with van der Waals surface area (Å²) in [6.07, 6.45) is -0.159. The summed E-state index contributed by atoms with van der Waals surface area (Å²) in [6, 6.07) is 5.30. The van der Waals surface area contributed by atoms with E-state index in [4.69, 9.17) is 0 Å². The van der Waals surface area contributed by atoms with Crippen LogP contribution < -0.4 is 5.32 Å². The monoisotopic (exact) mass is 407 g/mol. The smallest absolute Gasteiger partial charge is 0.393 e. The van der Waals surface area contributed by atoms with Crippen molar-refractivity contribution in [3.63, 3.8) is 0 Å². The van der Waals surface area contributed by atoms with Crippen LogP contribution in [0, 0.1) is 6.92 Å². The Morgan fingerprint density at radius 2 is 1.93 bits per heavy atom. The molecule has 3 N–H and O–H groups in total. The second-order valence-corrected chi connectivity index (χ2v) is 7.05. The second kappa shape index (κ2) is 7.80. The van der Waals surface area contributed by atoms with E-state index >= 15 is 0 Å². The first kappa shape index (κ1) is 20.7. The molecule has 1 atom stereocenters. The Balaban J connectivity index is 1.85. The van der Waals surface area contributed by atoms with E-state index in [-0.39, 0.29) is 12.4 Å². The molecular weight excluding hydrogens is 387 g/mol. The molecule has 0 amide bonds. The third-order valence-corrected chi connectivity index (χ3v) is 4.09. The molecule has 0 saturated heterocycles. The minimum atomic E-state index is -4.46. The van der Waals surface area contributed by atoms with Gasteiger partial charge >= 0.3 is 6.18 Å². The molecule has 0 unspecified atom stereocenters. The summed E-state index contributed by atoms with van der Waals surface area (Å²) >= 11 is 0. The number of nitrogens with one attached hydrogen (secondary N) is 1.